The molecule has 1 aliphatic heterocycles. The number of carbonyl (C=O) groups is 1. The van der Waals surface area contributed by atoms with Crippen molar-refractivity contribution in [2.45, 2.75) is 18.9 Å². The molecule has 0 saturated carbocycles. The lowest BCUT2D eigenvalue weighted by Crippen LogP contribution is -2.40. The van der Waals surface area contributed by atoms with Gasteiger partial charge in [-0.15, -0.1) is 0 Å². The highest BCUT2D eigenvalue weighted by atomic mass is 16.2. The van der Waals surface area contributed by atoms with Gasteiger partial charge in [0.25, 0.3) is 5.91 Å². The first kappa shape index (κ1) is 13.1. The first-order valence-corrected chi connectivity index (χ1v) is 7.53. The lowest BCUT2D eigenvalue weighted by atomic mass is 10.0. The largest absolute Gasteiger partial charge is 0.345 e. The molecule has 112 valence electrons. The van der Waals surface area contributed by atoms with Crippen molar-refractivity contribution in [1.82, 2.24) is 24.6 Å². The van der Waals surface area contributed by atoms with Crippen molar-refractivity contribution in [3.05, 3.63) is 48.5 Å². The second-order valence-corrected chi connectivity index (χ2v) is 5.64. The number of hydrogen-bond donors (Lipinski definition) is 1. The topological polar surface area (TPSA) is 66.8 Å². The van der Waals surface area contributed by atoms with E-state index >= 15 is 0 Å². The normalized spacial score (nSPS) is 18.7. The Hall–Kier alpha value is -2.63. The fourth-order valence-electron chi connectivity index (χ4n) is 3.15. The van der Waals surface area contributed by atoms with Gasteiger partial charge in [-0.05, 0) is 31.0 Å². The molecule has 3 aromatic heterocycles. The summed E-state index contributed by atoms with van der Waals surface area (Å²) in [6.45, 7) is 1.50. The number of likely N-dealkylation sites (tertiary alicyclic amines) is 1. The molecule has 0 aliphatic carbocycles. The van der Waals surface area contributed by atoms with Gasteiger partial charge in [-0.2, -0.15) is 5.10 Å². The minimum absolute atomic E-state index is 0.0658. The summed E-state index contributed by atoms with van der Waals surface area (Å²) in [6, 6.07) is 5.97. The summed E-state index contributed by atoms with van der Waals surface area (Å²) in [5, 5.41) is 5.19. The van der Waals surface area contributed by atoms with Gasteiger partial charge in [-0.3, -0.25) is 9.48 Å². The van der Waals surface area contributed by atoms with Crippen molar-refractivity contribution >= 4 is 16.9 Å². The zero-order chi connectivity index (χ0) is 14.9. The van der Waals surface area contributed by atoms with Gasteiger partial charge in [0.15, 0.2) is 0 Å². The van der Waals surface area contributed by atoms with E-state index in [9.17, 15) is 4.79 Å². The Bertz CT molecular complexity index is 792. The number of nitrogens with zero attached hydrogens (tertiary/aromatic N) is 4. The van der Waals surface area contributed by atoms with E-state index in [0.717, 1.165) is 30.4 Å². The smallest absolute Gasteiger partial charge is 0.256 e. The molecule has 0 aromatic carbocycles. The molecule has 4 rings (SSSR count). The molecule has 1 aliphatic rings. The predicted octanol–water partition coefficient (Wildman–Crippen LogP) is 2.24. The summed E-state index contributed by atoms with van der Waals surface area (Å²) >= 11 is 0. The molecular weight excluding hydrogens is 278 g/mol. The second kappa shape index (κ2) is 5.29. The quantitative estimate of drug-likeness (QED) is 0.788. The van der Waals surface area contributed by atoms with Crippen molar-refractivity contribution in [2.75, 3.05) is 13.1 Å². The summed E-state index contributed by atoms with van der Waals surface area (Å²) < 4.78 is 1.95. The summed E-state index contributed by atoms with van der Waals surface area (Å²) in [7, 11) is 0. The molecule has 1 atom stereocenters. The average molecular weight is 295 g/mol. The van der Waals surface area contributed by atoms with Crippen LogP contribution in [-0.2, 0) is 0 Å². The molecule has 1 unspecified atom stereocenters. The summed E-state index contributed by atoms with van der Waals surface area (Å²) in [4.78, 5) is 22.1. The first-order chi connectivity index (χ1) is 10.8. The molecule has 0 radical (unpaired) electrons. The van der Waals surface area contributed by atoms with Crippen molar-refractivity contribution in [3.8, 4) is 0 Å². The molecule has 6 nitrogen and oxygen atoms in total. The molecule has 1 N–H and O–H groups in total. The highest BCUT2D eigenvalue weighted by Gasteiger charge is 2.27. The molecular formula is C16H17N5O. The van der Waals surface area contributed by atoms with Crippen LogP contribution in [-0.4, -0.2) is 43.6 Å². The highest BCUT2D eigenvalue weighted by molar-refractivity contribution is 6.05. The van der Waals surface area contributed by atoms with E-state index in [2.05, 4.69) is 15.1 Å². The van der Waals surface area contributed by atoms with E-state index in [4.69, 9.17) is 0 Å². The van der Waals surface area contributed by atoms with Gasteiger partial charge in [0.05, 0.1) is 11.6 Å². The number of rotatable bonds is 2. The highest BCUT2D eigenvalue weighted by Crippen LogP contribution is 2.24. The SMILES string of the molecule is O=C(c1c[nH]c2ncccc12)N1CCCC(n2cccn2)C1. The first-order valence-electron chi connectivity index (χ1n) is 7.53. The third-order valence-electron chi connectivity index (χ3n) is 4.26. The third-order valence-corrected chi connectivity index (χ3v) is 4.26. The molecule has 22 heavy (non-hydrogen) atoms. The number of aromatic nitrogens is 4. The number of H-pyrrole nitrogens is 1. The molecule has 6 heteroatoms. The molecule has 3 aromatic rings. The van der Waals surface area contributed by atoms with Gasteiger partial charge in [0.1, 0.15) is 5.65 Å². The van der Waals surface area contributed by atoms with Crippen molar-refractivity contribution in [3.63, 3.8) is 0 Å². The number of nitrogens with one attached hydrogen (secondary N) is 1. The minimum atomic E-state index is 0.0658. The third kappa shape index (κ3) is 2.16. The fraction of sp³-hybridized carbons (Fsp3) is 0.312. The summed E-state index contributed by atoms with van der Waals surface area (Å²) in [6.07, 6.45) is 9.29. The lowest BCUT2D eigenvalue weighted by Gasteiger charge is -2.32. The van der Waals surface area contributed by atoms with Crippen LogP contribution in [0, 0.1) is 0 Å². The standard InChI is InChI=1S/C16H17N5O/c22-16(14-10-18-15-13(14)5-1-6-17-15)20-8-2-4-12(11-20)21-9-3-7-19-21/h1,3,5-7,9-10,12H,2,4,8,11H2,(H,17,18). The van der Waals surface area contributed by atoms with Gasteiger partial charge in [0.2, 0.25) is 0 Å². The monoisotopic (exact) mass is 295 g/mol. The second-order valence-electron chi connectivity index (χ2n) is 5.64. The Kier molecular flexibility index (Phi) is 3.14. The molecule has 4 heterocycles. The van der Waals surface area contributed by atoms with E-state index in [1.165, 1.54) is 0 Å². The number of carbonyl (C=O) groups excluding carboxylic acids is 1. The Morgan fingerprint density at radius 1 is 1.32 bits per heavy atom. The van der Waals surface area contributed by atoms with Crippen molar-refractivity contribution < 1.29 is 4.79 Å². The Labute approximate surface area is 127 Å². The van der Waals surface area contributed by atoms with Gasteiger partial charge in [0, 0.05) is 43.3 Å². The minimum Gasteiger partial charge on any atom is -0.345 e. The van der Waals surface area contributed by atoms with Crippen molar-refractivity contribution in [1.29, 1.82) is 0 Å². The summed E-state index contributed by atoms with van der Waals surface area (Å²) in [5.74, 6) is 0.0658. The Morgan fingerprint density at radius 2 is 2.27 bits per heavy atom. The number of hydrogen-bond acceptors (Lipinski definition) is 3. The van der Waals surface area contributed by atoms with Crippen LogP contribution in [0.15, 0.2) is 43.0 Å². The summed E-state index contributed by atoms with van der Waals surface area (Å²) in [5.41, 5.74) is 1.45. The van der Waals surface area contributed by atoms with Crippen LogP contribution in [0.4, 0.5) is 0 Å². The van der Waals surface area contributed by atoms with Crippen LogP contribution in [0.5, 0.6) is 0 Å². The van der Waals surface area contributed by atoms with E-state index in [1.54, 1.807) is 18.6 Å². The number of amides is 1. The maximum Gasteiger partial charge on any atom is 0.256 e. The zero-order valence-corrected chi connectivity index (χ0v) is 12.1. The van der Waals surface area contributed by atoms with Crippen molar-refractivity contribution in [2.24, 2.45) is 0 Å². The van der Waals surface area contributed by atoms with E-state index in [1.807, 2.05) is 34.0 Å². The predicted molar refractivity (Wildman–Crippen MR) is 82.5 cm³/mol. The Balaban J connectivity index is 1.60. The van der Waals surface area contributed by atoms with Crippen LogP contribution in [0.3, 0.4) is 0 Å². The van der Waals surface area contributed by atoms with E-state index in [0.29, 0.717) is 12.1 Å². The number of piperidine rings is 1. The molecule has 1 fully saturated rings. The number of pyridine rings is 1. The van der Waals surface area contributed by atoms with E-state index < -0.39 is 0 Å². The molecule has 0 bridgehead atoms. The average Bonchev–Trinajstić information content (AvgIpc) is 3.24. The number of aromatic amines is 1. The van der Waals surface area contributed by atoms with E-state index in [-0.39, 0.29) is 11.9 Å². The van der Waals surface area contributed by atoms with Crippen LogP contribution in [0.2, 0.25) is 0 Å². The van der Waals surface area contributed by atoms with Gasteiger partial charge >= 0.3 is 0 Å². The van der Waals surface area contributed by atoms with Crippen LogP contribution in [0.25, 0.3) is 11.0 Å². The van der Waals surface area contributed by atoms with Gasteiger partial charge in [-0.25, -0.2) is 4.98 Å². The zero-order valence-electron chi connectivity index (χ0n) is 12.1. The Morgan fingerprint density at radius 3 is 3.14 bits per heavy atom. The maximum atomic E-state index is 12.8. The van der Waals surface area contributed by atoms with Crippen LogP contribution < -0.4 is 0 Å². The molecule has 0 spiro atoms. The molecule has 1 amide bonds. The number of fused-ring (bicyclic) bond motifs is 1. The maximum absolute atomic E-state index is 12.8. The van der Waals surface area contributed by atoms with Gasteiger partial charge in [-0.1, -0.05) is 0 Å². The lowest BCUT2D eigenvalue weighted by molar-refractivity contribution is 0.0675. The van der Waals surface area contributed by atoms with Gasteiger partial charge < -0.3 is 9.88 Å². The molecule has 1 saturated heterocycles. The fourth-order valence-corrected chi connectivity index (χ4v) is 3.15. The van der Waals surface area contributed by atoms with Crippen LogP contribution in [0.1, 0.15) is 29.2 Å². The van der Waals surface area contributed by atoms with Crippen LogP contribution >= 0.6 is 0 Å².